The van der Waals surface area contributed by atoms with Gasteiger partial charge in [0.1, 0.15) is 0 Å². The molecule has 2 nitrogen and oxygen atoms in total. The molecule has 0 spiro atoms. The van der Waals surface area contributed by atoms with Gasteiger partial charge in [0.2, 0.25) is 0 Å². The molecular formula is C12H15NO. The fraction of sp³-hybridized carbons (Fsp3) is 0.250. The van der Waals surface area contributed by atoms with Gasteiger partial charge in [-0.1, -0.05) is 24.8 Å². The molecular weight excluding hydrogens is 174 g/mol. The summed E-state index contributed by atoms with van der Waals surface area (Å²) in [6.45, 7) is 7.46. The van der Waals surface area contributed by atoms with E-state index in [0.717, 1.165) is 5.69 Å². The van der Waals surface area contributed by atoms with E-state index in [2.05, 4.69) is 6.58 Å². The first-order valence-electron chi connectivity index (χ1n) is 4.67. The Morgan fingerprint density at radius 1 is 1.36 bits per heavy atom. The Morgan fingerprint density at radius 2 is 1.93 bits per heavy atom. The number of rotatable bonds is 3. The average molecular weight is 189 g/mol. The molecule has 0 radical (unpaired) electrons. The molecule has 0 heterocycles. The molecule has 0 atom stereocenters. The molecule has 1 amide bonds. The number of amides is 1. The van der Waals surface area contributed by atoms with Crippen LogP contribution in [0.4, 0.5) is 5.69 Å². The maximum absolute atomic E-state index is 11.6. The van der Waals surface area contributed by atoms with Crippen LogP contribution in [-0.4, -0.2) is 11.9 Å². The Morgan fingerprint density at radius 3 is 2.36 bits per heavy atom. The molecule has 74 valence electrons. The van der Waals surface area contributed by atoms with Gasteiger partial charge in [-0.15, -0.1) is 0 Å². The van der Waals surface area contributed by atoms with Gasteiger partial charge in [0.25, 0.3) is 5.91 Å². The van der Waals surface area contributed by atoms with Crippen molar-refractivity contribution in [2.24, 2.45) is 0 Å². The van der Waals surface area contributed by atoms with E-state index in [1.54, 1.807) is 4.90 Å². The fourth-order valence-corrected chi connectivity index (χ4v) is 1.37. The second-order valence-corrected chi connectivity index (χ2v) is 3.34. The first-order valence-corrected chi connectivity index (χ1v) is 4.67. The normalized spacial score (nSPS) is 9.93. The third-order valence-corrected chi connectivity index (χ3v) is 1.96. The fourth-order valence-electron chi connectivity index (χ4n) is 1.37. The smallest absolute Gasteiger partial charge is 0.250 e. The highest BCUT2D eigenvalue weighted by Crippen LogP contribution is 2.16. The number of hydrogen-bond acceptors (Lipinski definition) is 1. The van der Waals surface area contributed by atoms with Crippen molar-refractivity contribution in [1.82, 2.24) is 0 Å². The summed E-state index contributed by atoms with van der Waals surface area (Å²) < 4.78 is 0. The van der Waals surface area contributed by atoms with Crippen LogP contribution < -0.4 is 4.90 Å². The van der Waals surface area contributed by atoms with E-state index in [-0.39, 0.29) is 11.9 Å². The molecule has 1 aromatic rings. The molecule has 0 N–H and O–H groups in total. The second kappa shape index (κ2) is 4.61. The van der Waals surface area contributed by atoms with Gasteiger partial charge < -0.3 is 4.90 Å². The van der Waals surface area contributed by atoms with Crippen LogP contribution in [0.1, 0.15) is 13.8 Å². The summed E-state index contributed by atoms with van der Waals surface area (Å²) in [6, 6.07) is 9.74. The predicted octanol–water partition coefficient (Wildman–Crippen LogP) is 2.61. The van der Waals surface area contributed by atoms with E-state index in [9.17, 15) is 4.79 Å². The van der Waals surface area contributed by atoms with Crippen LogP contribution in [0.2, 0.25) is 0 Å². The standard InChI is InChI=1S/C12H15NO/c1-4-12(14)13(10(2)3)11-8-6-5-7-9-11/h4-10H,1H2,2-3H3. The highest BCUT2D eigenvalue weighted by atomic mass is 16.2. The molecule has 0 aliphatic heterocycles. The third kappa shape index (κ3) is 2.22. The first kappa shape index (κ1) is 10.5. The number of para-hydroxylation sites is 1. The molecule has 0 aliphatic carbocycles. The molecule has 2 heteroatoms. The van der Waals surface area contributed by atoms with E-state index < -0.39 is 0 Å². The molecule has 0 aromatic heterocycles. The molecule has 0 fully saturated rings. The monoisotopic (exact) mass is 189 g/mol. The number of hydrogen-bond donors (Lipinski definition) is 0. The maximum atomic E-state index is 11.6. The maximum Gasteiger partial charge on any atom is 0.250 e. The zero-order valence-corrected chi connectivity index (χ0v) is 8.60. The summed E-state index contributed by atoms with van der Waals surface area (Å²) in [7, 11) is 0. The van der Waals surface area contributed by atoms with Crippen LogP contribution in [0.3, 0.4) is 0 Å². The van der Waals surface area contributed by atoms with Gasteiger partial charge in [-0.3, -0.25) is 4.79 Å². The second-order valence-electron chi connectivity index (χ2n) is 3.34. The minimum atomic E-state index is -0.0637. The van der Waals surface area contributed by atoms with Crippen LogP contribution in [0, 0.1) is 0 Å². The van der Waals surface area contributed by atoms with Crippen molar-refractivity contribution in [2.75, 3.05) is 4.90 Å². The Hall–Kier alpha value is -1.57. The Kier molecular flexibility index (Phi) is 3.46. The quantitative estimate of drug-likeness (QED) is 0.669. The number of anilines is 1. The Labute approximate surface area is 84.9 Å². The lowest BCUT2D eigenvalue weighted by Crippen LogP contribution is -2.35. The van der Waals surface area contributed by atoms with Crippen molar-refractivity contribution in [3.63, 3.8) is 0 Å². The zero-order valence-electron chi connectivity index (χ0n) is 8.60. The van der Waals surface area contributed by atoms with Crippen molar-refractivity contribution in [3.8, 4) is 0 Å². The topological polar surface area (TPSA) is 20.3 Å². The van der Waals surface area contributed by atoms with E-state index in [4.69, 9.17) is 0 Å². The summed E-state index contributed by atoms with van der Waals surface area (Å²) in [6.07, 6.45) is 1.34. The van der Waals surface area contributed by atoms with Crippen molar-refractivity contribution in [3.05, 3.63) is 43.0 Å². The first-order chi connectivity index (χ1) is 6.66. The van der Waals surface area contributed by atoms with Crippen LogP contribution in [0.15, 0.2) is 43.0 Å². The van der Waals surface area contributed by atoms with Gasteiger partial charge in [-0.25, -0.2) is 0 Å². The van der Waals surface area contributed by atoms with Gasteiger partial charge in [0.05, 0.1) is 0 Å². The largest absolute Gasteiger partial charge is 0.306 e. The molecule has 0 aliphatic rings. The van der Waals surface area contributed by atoms with Gasteiger partial charge in [-0.05, 0) is 32.1 Å². The summed E-state index contributed by atoms with van der Waals surface area (Å²) in [5.74, 6) is -0.0637. The van der Waals surface area contributed by atoms with Crippen LogP contribution in [0.5, 0.6) is 0 Å². The Bertz CT molecular complexity index is 316. The highest BCUT2D eigenvalue weighted by molar-refractivity contribution is 6.01. The van der Waals surface area contributed by atoms with Gasteiger partial charge in [-0.2, -0.15) is 0 Å². The molecule has 0 unspecified atom stereocenters. The lowest BCUT2D eigenvalue weighted by atomic mass is 10.2. The number of nitrogens with zero attached hydrogens (tertiary/aromatic N) is 1. The van der Waals surface area contributed by atoms with Crippen molar-refractivity contribution in [2.45, 2.75) is 19.9 Å². The summed E-state index contributed by atoms with van der Waals surface area (Å²) in [5, 5.41) is 0. The average Bonchev–Trinajstić information content (AvgIpc) is 2.19. The molecule has 0 saturated heterocycles. The van der Waals surface area contributed by atoms with E-state index in [1.165, 1.54) is 6.08 Å². The SMILES string of the molecule is C=CC(=O)N(c1ccccc1)C(C)C. The molecule has 1 rings (SSSR count). The number of carbonyl (C=O) groups excluding carboxylic acids is 1. The minimum absolute atomic E-state index is 0.0637. The number of carbonyl (C=O) groups is 1. The summed E-state index contributed by atoms with van der Waals surface area (Å²) in [5.41, 5.74) is 0.910. The van der Waals surface area contributed by atoms with Gasteiger partial charge >= 0.3 is 0 Å². The van der Waals surface area contributed by atoms with Crippen LogP contribution in [-0.2, 0) is 4.79 Å². The lowest BCUT2D eigenvalue weighted by molar-refractivity contribution is -0.114. The molecule has 0 bridgehead atoms. The van der Waals surface area contributed by atoms with Gasteiger partial charge in [0.15, 0.2) is 0 Å². The Balaban J connectivity index is 3.01. The number of benzene rings is 1. The molecule has 0 saturated carbocycles. The highest BCUT2D eigenvalue weighted by Gasteiger charge is 2.15. The molecule has 14 heavy (non-hydrogen) atoms. The molecule has 1 aromatic carbocycles. The summed E-state index contributed by atoms with van der Waals surface area (Å²) >= 11 is 0. The van der Waals surface area contributed by atoms with Crippen molar-refractivity contribution >= 4 is 11.6 Å². The van der Waals surface area contributed by atoms with Crippen LogP contribution >= 0.6 is 0 Å². The van der Waals surface area contributed by atoms with E-state index in [1.807, 2.05) is 44.2 Å². The third-order valence-electron chi connectivity index (χ3n) is 1.96. The van der Waals surface area contributed by atoms with Crippen LogP contribution in [0.25, 0.3) is 0 Å². The minimum Gasteiger partial charge on any atom is -0.306 e. The van der Waals surface area contributed by atoms with Crippen molar-refractivity contribution in [1.29, 1.82) is 0 Å². The van der Waals surface area contributed by atoms with Gasteiger partial charge in [0, 0.05) is 11.7 Å². The van der Waals surface area contributed by atoms with E-state index in [0.29, 0.717) is 0 Å². The predicted molar refractivity (Wildman–Crippen MR) is 59.3 cm³/mol. The summed E-state index contributed by atoms with van der Waals surface area (Å²) in [4.78, 5) is 13.3. The lowest BCUT2D eigenvalue weighted by Gasteiger charge is -2.25. The zero-order chi connectivity index (χ0) is 10.6. The van der Waals surface area contributed by atoms with E-state index >= 15 is 0 Å². The van der Waals surface area contributed by atoms with Crippen molar-refractivity contribution < 1.29 is 4.79 Å².